The zero-order chi connectivity index (χ0) is 24.0. The largest absolute Gasteiger partial charge is 0.368 e. The van der Waals surface area contributed by atoms with Crippen LogP contribution in [0.15, 0.2) is 48.5 Å². The molecule has 8 nitrogen and oxygen atoms in total. The van der Waals surface area contributed by atoms with Gasteiger partial charge in [0.1, 0.15) is 12.4 Å². The number of hydrogen-bond donors (Lipinski definition) is 2. The van der Waals surface area contributed by atoms with Crippen LogP contribution in [0.1, 0.15) is 20.8 Å². The molecule has 3 rings (SSSR count). The van der Waals surface area contributed by atoms with Crippen LogP contribution in [0.2, 0.25) is 0 Å². The van der Waals surface area contributed by atoms with E-state index in [0.717, 1.165) is 5.69 Å². The molecule has 1 heterocycles. The number of carbonyl (C=O) groups excluding carboxylic acids is 3. The van der Waals surface area contributed by atoms with Crippen LogP contribution in [-0.4, -0.2) is 66.4 Å². The summed E-state index contributed by atoms with van der Waals surface area (Å²) in [6.45, 7) is 7.48. The SMILES string of the molecule is CC(=O)N(CC(=O)Nc1ccc(N2CCN(C(=O)Nc3ccccc3F)CC2)cc1)C(C)C. The van der Waals surface area contributed by atoms with Crippen molar-refractivity contribution < 1.29 is 18.8 Å². The molecule has 0 aliphatic carbocycles. The van der Waals surface area contributed by atoms with Crippen molar-refractivity contribution in [3.63, 3.8) is 0 Å². The molecule has 0 saturated carbocycles. The molecule has 0 radical (unpaired) electrons. The summed E-state index contributed by atoms with van der Waals surface area (Å²) in [6, 6.07) is 13.2. The van der Waals surface area contributed by atoms with Gasteiger partial charge in [-0.1, -0.05) is 12.1 Å². The molecule has 4 amide bonds. The Morgan fingerprint density at radius 3 is 2.18 bits per heavy atom. The lowest BCUT2D eigenvalue weighted by molar-refractivity contribution is -0.134. The number of hydrogen-bond acceptors (Lipinski definition) is 4. The average Bonchev–Trinajstić information content (AvgIpc) is 2.79. The fourth-order valence-corrected chi connectivity index (χ4v) is 3.69. The van der Waals surface area contributed by atoms with Crippen LogP contribution >= 0.6 is 0 Å². The van der Waals surface area contributed by atoms with Crippen LogP contribution in [-0.2, 0) is 9.59 Å². The number of amides is 4. The van der Waals surface area contributed by atoms with Gasteiger partial charge in [0.2, 0.25) is 11.8 Å². The van der Waals surface area contributed by atoms with Gasteiger partial charge in [-0.2, -0.15) is 0 Å². The van der Waals surface area contributed by atoms with E-state index < -0.39 is 5.82 Å². The van der Waals surface area contributed by atoms with Gasteiger partial charge in [-0.25, -0.2) is 9.18 Å². The summed E-state index contributed by atoms with van der Waals surface area (Å²) in [5.74, 6) is -0.853. The number of benzene rings is 2. The minimum Gasteiger partial charge on any atom is -0.368 e. The van der Waals surface area contributed by atoms with Crippen LogP contribution in [0.4, 0.5) is 26.2 Å². The van der Waals surface area contributed by atoms with Gasteiger partial charge in [-0.3, -0.25) is 9.59 Å². The fourth-order valence-electron chi connectivity index (χ4n) is 3.69. The second-order valence-electron chi connectivity index (χ2n) is 8.22. The lowest BCUT2D eigenvalue weighted by Gasteiger charge is -2.36. The first kappa shape index (κ1) is 24.0. The topological polar surface area (TPSA) is 85.0 Å². The Bertz CT molecular complexity index is 988. The zero-order valence-corrected chi connectivity index (χ0v) is 19.2. The smallest absolute Gasteiger partial charge is 0.322 e. The molecule has 0 unspecified atom stereocenters. The van der Waals surface area contributed by atoms with Crippen LogP contribution in [0.3, 0.4) is 0 Å². The molecular formula is C24H30FN5O3. The molecule has 0 atom stereocenters. The molecule has 33 heavy (non-hydrogen) atoms. The van der Waals surface area contributed by atoms with Crippen molar-refractivity contribution in [3.05, 3.63) is 54.3 Å². The average molecular weight is 456 g/mol. The van der Waals surface area contributed by atoms with Gasteiger partial charge in [0.15, 0.2) is 0 Å². The molecule has 0 bridgehead atoms. The molecule has 2 aromatic carbocycles. The Kier molecular flexibility index (Phi) is 7.87. The Morgan fingerprint density at radius 1 is 0.970 bits per heavy atom. The van der Waals surface area contributed by atoms with E-state index in [9.17, 15) is 18.8 Å². The van der Waals surface area contributed by atoms with Crippen molar-refractivity contribution >= 4 is 34.9 Å². The number of nitrogens with zero attached hydrogens (tertiary/aromatic N) is 3. The molecule has 0 spiro atoms. The minimum atomic E-state index is -0.463. The molecule has 1 fully saturated rings. The summed E-state index contributed by atoms with van der Waals surface area (Å²) >= 11 is 0. The van der Waals surface area contributed by atoms with Crippen LogP contribution < -0.4 is 15.5 Å². The van der Waals surface area contributed by atoms with E-state index >= 15 is 0 Å². The predicted octanol–water partition coefficient (Wildman–Crippen LogP) is 3.38. The third-order valence-electron chi connectivity index (χ3n) is 5.54. The highest BCUT2D eigenvalue weighted by atomic mass is 19.1. The molecule has 1 aliphatic rings. The van der Waals surface area contributed by atoms with E-state index in [0.29, 0.717) is 31.9 Å². The third-order valence-corrected chi connectivity index (χ3v) is 5.54. The second kappa shape index (κ2) is 10.8. The van der Waals surface area contributed by atoms with Gasteiger partial charge in [0.05, 0.1) is 5.69 Å². The summed E-state index contributed by atoms with van der Waals surface area (Å²) in [5, 5.41) is 5.43. The van der Waals surface area contributed by atoms with Crippen molar-refractivity contribution in [1.29, 1.82) is 0 Å². The van der Waals surface area contributed by atoms with Crippen molar-refractivity contribution in [1.82, 2.24) is 9.80 Å². The normalized spacial score (nSPS) is 13.6. The van der Waals surface area contributed by atoms with Gasteiger partial charge in [0, 0.05) is 50.5 Å². The lowest BCUT2D eigenvalue weighted by Crippen LogP contribution is -2.50. The summed E-state index contributed by atoms with van der Waals surface area (Å²) in [5.41, 5.74) is 1.80. The van der Waals surface area contributed by atoms with Gasteiger partial charge >= 0.3 is 6.03 Å². The number of para-hydroxylation sites is 1. The van der Waals surface area contributed by atoms with Crippen molar-refractivity contribution in [2.45, 2.75) is 26.8 Å². The van der Waals surface area contributed by atoms with Gasteiger partial charge in [-0.05, 0) is 50.2 Å². The molecule has 2 N–H and O–H groups in total. The van der Waals surface area contributed by atoms with E-state index in [1.54, 1.807) is 17.0 Å². The maximum atomic E-state index is 13.8. The summed E-state index contributed by atoms with van der Waals surface area (Å²) in [4.78, 5) is 41.7. The predicted molar refractivity (Wildman–Crippen MR) is 127 cm³/mol. The lowest BCUT2D eigenvalue weighted by atomic mass is 10.2. The van der Waals surface area contributed by atoms with E-state index in [1.165, 1.54) is 24.0 Å². The Morgan fingerprint density at radius 2 is 1.61 bits per heavy atom. The van der Waals surface area contributed by atoms with E-state index in [2.05, 4.69) is 15.5 Å². The van der Waals surface area contributed by atoms with Crippen molar-refractivity contribution in [3.8, 4) is 0 Å². The van der Waals surface area contributed by atoms with Gasteiger partial charge in [-0.15, -0.1) is 0 Å². The standard InChI is InChI=1S/C24H30FN5O3/c1-17(2)30(18(3)31)16-23(32)26-19-8-10-20(11-9-19)28-12-14-29(15-13-28)24(33)27-22-7-5-4-6-21(22)25/h4-11,17H,12-16H2,1-3H3,(H,26,32)(H,27,33). The monoisotopic (exact) mass is 455 g/mol. The number of anilines is 3. The number of rotatable bonds is 6. The van der Waals surface area contributed by atoms with E-state index in [-0.39, 0.29) is 36.1 Å². The zero-order valence-electron chi connectivity index (χ0n) is 19.2. The molecule has 1 saturated heterocycles. The van der Waals surface area contributed by atoms with Gasteiger partial charge < -0.3 is 25.3 Å². The van der Waals surface area contributed by atoms with Crippen LogP contribution in [0.25, 0.3) is 0 Å². The summed E-state index contributed by atoms with van der Waals surface area (Å²) < 4.78 is 13.8. The highest BCUT2D eigenvalue weighted by Gasteiger charge is 2.22. The maximum absolute atomic E-state index is 13.8. The maximum Gasteiger partial charge on any atom is 0.322 e. The number of piperazine rings is 1. The van der Waals surface area contributed by atoms with E-state index in [4.69, 9.17) is 0 Å². The second-order valence-corrected chi connectivity index (χ2v) is 8.22. The summed E-state index contributed by atoms with van der Waals surface area (Å²) in [6.07, 6.45) is 0. The number of carbonyl (C=O) groups is 3. The Labute approximate surface area is 193 Å². The van der Waals surface area contributed by atoms with Crippen LogP contribution in [0, 0.1) is 5.82 Å². The molecule has 1 aliphatic heterocycles. The van der Waals surface area contributed by atoms with Crippen LogP contribution in [0.5, 0.6) is 0 Å². The number of urea groups is 1. The highest BCUT2D eigenvalue weighted by Crippen LogP contribution is 2.20. The number of nitrogens with one attached hydrogen (secondary N) is 2. The van der Waals surface area contributed by atoms with Crippen molar-refractivity contribution in [2.24, 2.45) is 0 Å². The fraction of sp³-hybridized carbons (Fsp3) is 0.375. The summed E-state index contributed by atoms with van der Waals surface area (Å²) in [7, 11) is 0. The Balaban J connectivity index is 1.50. The van der Waals surface area contributed by atoms with Gasteiger partial charge in [0.25, 0.3) is 0 Å². The molecular weight excluding hydrogens is 425 g/mol. The first-order chi connectivity index (χ1) is 15.7. The molecule has 0 aromatic heterocycles. The molecule has 176 valence electrons. The molecule has 2 aromatic rings. The molecule has 9 heteroatoms. The highest BCUT2D eigenvalue weighted by molar-refractivity contribution is 5.94. The minimum absolute atomic E-state index is 0.00561. The Hall–Kier alpha value is -3.62. The quantitative estimate of drug-likeness (QED) is 0.700. The van der Waals surface area contributed by atoms with Crippen molar-refractivity contribution in [2.75, 3.05) is 48.3 Å². The van der Waals surface area contributed by atoms with E-state index in [1.807, 2.05) is 38.1 Å². The number of halogens is 1. The first-order valence-electron chi connectivity index (χ1n) is 11.0. The third kappa shape index (κ3) is 6.44. The first-order valence-corrected chi connectivity index (χ1v) is 11.0.